The molecule has 0 radical (unpaired) electrons. The van der Waals surface area contributed by atoms with Crippen molar-refractivity contribution in [2.45, 2.75) is 19.4 Å². The Morgan fingerprint density at radius 3 is 2.37 bits per heavy atom. The van der Waals surface area contributed by atoms with Crippen LogP contribution >= 0.6 is 11.6 Å². The number of benzene rings is 2. The first-order valence-electron chi connectivity index (χ1n) is 6.13. The molecule has 0 aromatic heterocycles. The van der Waals surface area contributed by atoms with Crippen molar-refractivity contribution in [3.8, 4) is 0 Å². The van der Waals surface area contributed by atoms with Gasteiger partial charge in [0.2, 0.25) is 0 Å². The van der Waals surface area contributed by atoms with E-state index in [4.69, 9.17) is 11.6 Å². The molecule has 1 N–H and O–H groups in total. The normalized spacial score (nSPS) is 11.1. The molecule has 2 nitrogen and oxygen atoms in total. The summed E-state index contributed by atoms with van der Waals surface area (Å²) in [5.41, 5.74) is 1.15. The minimum Gasteiger partial charge on any atom is -0.343 e. The first kappa shape index (κ1) is 13.6. The van der Waals surface area contributed by atoms with Crippen LogP contribution in [0.25, 0.3) is 0 Å². The molecule has 0 aliphatic heterocycles. The highest BCUT2D eigenvalue weighted by atomic mass is 35.5. The lowest BCUT2D eigenvalue weighted by molar-refractivity contribution is 0.0912. The molecule has 3 heteroatoms. The van der Waals surface area contributed by atoms with E-state index in [1.807, 2.05) is 56.3 Å². The summed E-state index contributed by atoms with van der Waals surface area (Å²) in [5.74, 6) is -0.0921. The van der Waals surface area contributed by atoms with Crippen LogP contribution in [0.5, 0.6) is 0 Å². The number of hydrogen-bond acceptors (Lipinski definition) is 1. The molecular formula is C16H16ClNO. The van der Waals surface area contributed by atoms with Gasteiger partial charge in [0.25, 0.3) is 5.91 Å². The highest BCUT2D eigenvalue weighted by molar-refractivity contribution is 6.30. The summed E-state index contributed by atoms with van der Waals surface area (Å²) in [6.07, 6.45) is 0. The topological polar surface area (TPSA) is 29.1 Å². The van der Waals surface area contributed by atoms with Crippen LogP contribution in [0.2, 0.25) is 5.02 Å². The third-order valence-electron chi connectivity index (χ3n) is 3.01. The van der Waals surface area contributed by atoms with E-state index < -0.39 is 5.54 Å². The molecule has 19 heavy (non-hydrogen) atoms. The fourth-order valence-electron chi connectivity index (χ4n) is 1.89. The van der Waals surface area contributed by atoms with Gasteiger partial charge >= 0.3 is 0 Å². The lowest BCUT2D eigenvalue weighted by Gasteiger charge is -2.27. The zero-order valence-corrected chi connectivity index (χ0v) is 11.7. The van der Waals surface area contributed by atoms with E-state index in [2.05, 4.69) is 5.32 Å². The summed E-state index contributed by atoms with van der Waals surface area (Å²) in [6, 6.07) is 16.7. The van der Waals surface area contributed by atoms with Crippen molar-refractivity contribution >= 4 is 17.5 Å². The molecule has 0 unspecified atom stereocenters. The minimum atomic E-state index is -0.474. The molecule has 2 rings (SSSR count). The van der Waals surface area contributed by atoms with E-state index >= 15 is 0 Å². The van der Waals surface area contributed by atoms with Crippen LogP contribution in [0, 0.1) is 0 Å². The van der Waals surface area contributed by atoms with Gasteiger partial charge in [0.05, 0.1) is 5.54 Å². The van der Waals surface area contributed by atoms with Crippen LogP contribution in [0.1, 0.15) is 29.8 Å². The third-order valence-corrected chi connectivity index (χ3v) is 3.24. The number of carbonyl (C=O) groups excluding carboxylic acids is 1. The second kappa shape index (κ2) is 5.45. The van der Waals surface area contributed by atoms with E-state index in [1.165, 1.54) is 0 Å². The van der Waals surface area contributed by atoms with E-state index in [0.717, 1.165) is 5.56 Å². The van der Waals surface area contributed by atoms with Crippen LogP contribution in [0.4, 0.5) is 0 Å². The average molecular weight is 274 g/mol. The monoisotopic (exact) mass is 273 g/mol. The van der Waals surface area contributed by atoms with Crippen LogP contribution in [0.3, 0.4) is 0 Å². The van der Waals surface area contributed by atoms with Gasteiger partial charge in [-0.2, -0.15) is 0 Å². The molecule has 1 amide bonds. The smallest absolute Gasteiger partial charge is 0.251 e. The number of halogens is 1. The molecule has 0 bridgehead atoms. The van der Waals surface area contributed by atoms with Gasteiger partial charge in [0.1, 0.15) is 0 Å². The van der Waals surface area contributed by atoms with E-state index in [9.17, 15) is 4.79 Å². The molecule has 2 aromatic carbocycles. The highest BCUT2D eigenvalue weighted by Crippen LogP contribution is 2.23. The van der Waals surface area contributed by atoms with Crippen molar-refractivity contribution in [1.82, 2.24) is 5.32 Å². The largest absolute Gasteiger partial charge is 0.343 e. The Balaban J connectivity index is 2.20. The minimum absolute atomic E-state index is 0.0921. The van der Waals surface area contributed by atoms with Gasteiger partial charge in [-0.15, -0.1) is 0 Å². The summed E-state index contributed by atoms with van der Waals surface area (Å²) in [7, 11) is 0. The molecule has 0 fully saturated rings. The summed E-state index contributed by atoms with van der Waals surface area (Å²) in [6.45, 7) is 3.92. The predicted molar refractivity (Wildman–Crippen MR) is 78.4 cm³/mol. The SMILES string of the molecule is CC(C)(NC(=O)c1ccccc1)c1cccc(Cl)c1. The van der Waals surface area contributed by atoms with Gasteiger partial charge < -0.3 is 5.32 Å². The molecule has 0 heterocycles. The molecule has 0 atom stereocenters. The Bertz CT molecular complexity index is 578. The van der Waals surface area contributed by atoms with E-state index in [0.29, 0.717) is 10.6 Å². The Morgan fingerprint density at radius 1 is 1.05 bits per heavy atom. The van der Waals surface area contributed by atoms with E-state index in [-0.39, 0.29) is 5.91 Å². The average Bonchev–Trinajstić information content (AvgIpc) is 2.39. The van der Waals surface area contributed by atoms with Crippen molar-refractivity contribution in [3.05, 3.63) is 70.7 Å². The zero-order chi connectivity index (χ0) is 13.9. The number of hydrogen-bond donors (Lipinski definition) is 1. The van der Waals surface area contributed by atoms with Crippen LogP contribution in [0.15, 0.2) is 54.6 Å². The molecule has 0 aliphatic carbocycles. The first-order valence-corrected chi connectivity index (χ1v) is 6.50. The van der Waals surface area contributed by atoms with Crippen molar-refractivity contribution in [1.29, 1.82) is 0 Å². The van der Waals surface area contributed by atoms with Gasteiger partial charge in [-0.05, 0) is 43.7 Å². The van der Waals surface area contributed by atoms with Gasteiger partial charge in [0, 0.05) is 10.6 Å². The van der Waals surface area contributed by atoms with Gasteiger partial charge in [0.15, 0.2) is 0 Å². The number of carbonyl (C=O) groups is 1. The van der Waals surface area contributed by atoms with Crippen molar-refractivity contribution in [2.24, 2.45) is 0 Å². The van der Waals surface area contributed by atoms with Gasteiger partial charge in [-0.25, -0.2) is 0 Å². The van der Waals surface area contributed by atoms with Crippen LogP contribution in [-0.4, -0.2) is 5.91 Å². The second-order valence-electron chi connectivity index (χ2n) is 4.96. The predicted octanol–water partition coefficient (Wildman–Crippen LogP) is 4.01. The zero-order valence-electron chi connectivity index (χ0n) is 11.0. The summed E-state index contributed by atoms with van der Waals surface area (Å²) in [5, 5.41) is 3.68. The quantitative estimate of drug-likeness (QED) is 0.900. The first-order chi connectivity index (χ1) is 8.99. The Hall–Kier alpha value is -1.80. The van der Waals surface area contributed by atoms with Gasteiger partial charge in [-0.1, -0.05) is 41.9 Å². The maximum absolute atomic E-state index is 12.2. The highest BCUT2D eigenvalue weighted by Gasteiger charge is 2.23. The molecule has 2 aromatic rings. The van der Waals surface area contributed by atoms with Crippen LogP contribution in [-0.2, 0) is 5.54 Å². The molecule has 98 valence electrons. The Morgan fingerprint density at radius 2 is 1.74 bits per heavy atom. The number of nitrogens with one attached hydrogen (secondary N) is 1. The fraction of sp³-hybridized carbons (Fsp3) is 0.188. The molecular weight excluding hydrogens is 258 g/mol. The van der Waals surface area contributed by atoms with Crippen molar-refractivity contribution in [2.75, 3.05) is 0 Å². The van der Waals surface area contributed by atoms with Crippen LogP contribution < -0.4 is 5.32 Å². The van der Waals surface area contributed by atoms with E-state index in [1.54, 1.807) is 12.1 Å². The Kier molecular flexibility index (Phi) is 3.91. The maximum atomic E-state index is 12.2. The number of amides is 1. The van der Waals surface area contributed by atoms with Gasteiger partial charge in [-0.3, -0.25) is 4.79 Å². The van der Waals surface area contributed by atoms with Crippen molar-refractivity contribution in [3.63, 3.8) is 0 Å². The lowest BCUT2D eigenvalue weighted by Crippen LogP contribution is -2.40. The molecule has 0 aliphatic rings. The standard InChI is InChI=1S/C16H16ClNO/c1-16(2,13-9-6-10-14(17)11-13)18-15(19)12-7-4-3-5-8-12/h3-11H,1-2H3,(H,18,19). The summed E-state index contributed by atoms with van der Waals surface area (Å²) < 4.78 is 0. The number of rotatable bonds is 3. The summed E-state index contributed by atoms with van der Waals surface area (Å²) in [4.78, 5) is 12.2. The third kappa shape index (κ3) is 3.36. The maximum Gasteiger partial charge on any atom is 0.251 e. The molecule has 0 saturated heterocycles. The summed E-state index contributed by atoms with van der Waals surface area (Å²) >= 11 is 5.99. The lowest BCUT2D eigenvalue weighted by atomic mass is 9.94. The molecule has 0 saturated carbocycles. The fourth-order valence-corrected chi connectivity index (χ4v) is 2.09. The Labute approximate surface area is 118 Å². The second-order valence-corrected chi connectivity index (χ2v) is 5.39. The molecule has 0 spiro atoms. The van der Waals surface area contributed by atoms with Crippen molar-refractivity contribution < 1.29 is 4.79 Å².